The second kappa shape index (κ2) is 8.32. The molecule has 0 radical (unpaired) electrons. The largest absolute Gasteiger partial charge is 0.494 e. The fourth-order valence-electron chi connectivity index (χ4n) is 1.90. The van der Waals surface area contributed by atoms with Crippen LogP contribution in [0.1, 0.15) is 17.4 Å². The highest BCUT2D eigenvalue weighted by atomic mass is 32.1. The van der Waals surface area contributed by atoms with Crippen LogP contribution < -0.4 is 15.4 Å². The first-order valence-corrected chi connectivity index (χ1v) is 7.88. The van der Waals surface area contributed by atoms with E-state index in [0.29, 0.717) is 13.2 Å². The molecule has 4 nitrogen and oxygen atoms in total. The number of nitrogens with one attached hydrogen (secondary N) is 2. The zero-order valence-corrected chi connectivity index (χ0v) is 13.2. The van der Waals surface area contributed by atoms with Crippen molar-refractivity contribution in [1.82, 2.24) is 10.6 Å². The van der Waals surface area contributed by atoms with Gasteiger partial charge in [0.2, 0.25) is 0 Å². The molecule has 0 bridgehead atoms. The molecule has 5 heteroatoms. The molecule has 0 aliphatic carbocycles. The molecular weight excluding hydrogens is 282 g/mol. The van der Waals surface area contributed by atoms with Gasteiger partial charge in [-0.15, -0.1) is 11.3 Å². The van der Waals surface area contributed by atoms with Crippen LogP contribution in [0.4, 0.5) is 0 Å². The quantitative estimate of drug-likeness (QED) is 0.637. The minimum atomic E-state index is 0.681. The molecule has 21 heavy (non-hydrogen) atoms. The van der Waals surface area contributed by atoms with E-state index in [9.17, 15) is 0 Å². The van der Waals surface area contributed by atoms with Crippen molar-refractivity contribution in [3.8, 4) is 5.75 Å². The van der Waals surface area contributed by atoms with Gasteiger partial charge in [-0.1, -0.05) is 18.2 Å². The Bertz CT molecular complexity index is 567. The summed E-state index contributed by atoms with van der Waals surface area (Å²) in [4.78, 5) is 5.52. The van der Waals surface area contributed by atoms with Gasteiger partial charge in [-0.3, -0.25) is 4.99 Å². The zero-order valence-electron chi connectivity index (χ0n) is 12.4. The maximum absolute atomic E-state index is 5.50. The standard InChI is InChI=1S/C16H21N3OS/c1-3-20-14-7-4-6-13(10-14)11-18-16(17-2)19-12-15-8-5-9-21-15/h4-10H,3,11-12H2,1-2H3,(H2,17,18,19). The minimum absolute atomic E-state index is 0.681. The van der Waals surface area contributed by atoms with Crippen molar-refractivity contribution in [3.63, 3.8) is 0 Å². The zero-order chi connectivity index (χ0) is 14.9. The molecule has 2 rings (SSSR count). The number of ether oxygens (including phenoxy) is 1. The van der Waals surface area contributed by atoms with Crippen molar-refractivity contribution in [2.24, 2.45) is 4.99 Å². The Morgan fingerprint density at radius 1 is 1.19 bits per heavy atom. The number of rotatable bonds is 6. The molecule has 0 unspecified atom stereocenters. The van der Waals surface area contributed by atoms with Crippen molar-refractivity contribution >= 4 is 17.3 Å². The van der Waals surface area contributed by atoms with Gasteiger partial charge in [0, 0.05) is 18.5 Å². The van der Waals surface area contributed by atoms with Crippen molar-refractivity contribution in [2.45, 2.75) is 20.0 Å². The number of thiophene rings is 1. The Morgan fingerprint density at radius 2 is 2.05 bits per heavy atom. The first-order chi connectivity index (χ1) is 10.3. The van der Waals surface area contributed by atoms with Gasteiger partial charge in [0.1, 0.15) is 5.75 Å². The van der Waals surface area contributed by atoms with E-state index >= 15 is 0 Å². The fraction of sp³-hybridized carbons (Fsp3) is 0.312. The van der Waals surface area contributed by atoms with E-state index in [-0.39, 0.29) is 0 Å². The number of benzene rings is 1. The predicted octanol–water partition coefficient (Wildman–Crippen LogP) is 3.01. The van der Waals surface area contributed by atoms with Gasteiger partial charge in [0.25, 0.3) is 0 Å². The third-order valence-corrected chi connectivity index (χ3v) is 3.78. The van der Waals surface area contributed by atoms with E-state index in [1.165, 1.54) is 10.4 Å². The van der Waals surface area contributed by atoms with E-state index in [2.05, 4.69) is 39.2 Å². The average Bonchev–Trinajstić information content (AvgIpc) is 3.01. The van der Waals surface area contributed by atoms with E-state index in [1.54, 1.807) is 18.4 Å². The van der Waals surface area contributed by atoms with Gasteiger partial charge in [0.05, 0.1) is 13.2 Å². The molecule has 2 aromatic rings. The maximum Gasteiger partial charge on any atom is 0.191 e. The summed E-state index contributed by atoms with van der Waals surface area (Å²) in [5.74, 6) is 1.70. The molecule has 0 saturated carbocycles. The van der Waals surface area contributed by atoms with Crippen LogP contribution >= 0.6 is 11.3 Å². The number of nitrogens with zero attached hydrogens (tertiary/aromatic N) is 1. The second-order valence-electron chi connectivity index (χ2n) is 4.44. The molecule has 0 saturated heterocycles. The molecule has 1 aromatic heterocycles. The Balaban J connectivity index is 1.83. The van der Waals surface area contributed by atoms with Crippen LogP contribution in [0.15, 0.2) is 46.8 Å². The molecule has 1 heterocycles. The van der Waals surface area contributed by atoms with E-state index < -0.39 is 0 Å². The summed E-state index contributed by atoms with van der Waals surface area (Å²) in [5, 5.41) is 8.68. The predicted molar refractivity (Wildman–Crippen MR) is 89.0 cm³/mol. The summed E-state index contributed by atoms with van der Waals surface area (Å²) in [6.45, 7) is 4.17. The topological polar surface area (TPSA) is 45.6 Å². The van der Waals surface area contributed by atoms with Gasteiger partial charge in [0.15, 0.2) is 5.96 Å². The SMILES string of the molecule is CCOc1cccc(CNC(=NC)NCc2cccs2)c1. The summed E-state index contributed by atoms with van der Waals surface area (Å²) >= 11 is 1.74. The van der Waals surface area contributed by atoms with E-state index in [0.717, 1.165) is 18.3 Å². The molecule has 0 aliphatic heterocycles. The summed E-state index contributed by atoms with van der Waals surface area (Å²) in [7, 11) is 1.78. The van der Waals surface area contributed by atoms with Crippen LogP contribution in [0.3, 0.4) is 0 Å². The lowest BCUT2D eigenvalue weighted by atomic mass is 10.2. The van der Waals surface area contributed by atoms with Crippen LogP contribution in [-0.2, 0) is 13.1 Å². The lowest BCUT2D eigenvalue weighted by molar-refractivity contribution is 0.340. The van der Waals surface area contributed by atoms with Gasteiger partial charge in [-0.2, -0.15) is 0 Å². The molecule has 0 aliphatic rings. The molecule has 0 atom stereocenters. The maximum atomic E-state index is 5.50. The van der Waals surface area contributed by atoms with E-state index in [4.69, 9.17) is 4.74 Å². The molecule has 0 amide bonds. The van der Waals surface area contributed by atoms with Crippen molar-refractivity contribution in [2.75, 3.05) is 13.7 Å². The molecule has 0 fully saturated rings. The summed E-state index contributed by atoms with van der Waals surface area (Å²) in [6.07, 6.45) is 0. The Labute approximate surface area is 129 Å². The van der Waals surface area contributed by atoms with Crippen LogP contribution in [0.2, 0.25) is 0 Å². The number of hydrogen-bond acceptors (Lipinski definition) is 3. The molecule has 0 spiro atoms. The highest BCUT2D eigenvalue weighted by Crippen LogP contribution is 2.13. The molecule has 1 aromatic carbocycles. The summed E-state index contributed by atoms with van der Waals surface area (Å²) in [5.41, 5.74) is 1.17. The van der Waals surface area contributed by atoms with Crippen LogP contribution in [0.25, 0.3) is 0 Å². The fourth-order valence-corrected chi connectivity index (χ4v) is 2.55. The third-order valence-electron chi connectivity index (χ3n) is 2.90. The highest BCUT2D eigenvalue weighted by Gasteiger charge is 2.01. The second-order valence-corrected chi connectivity index (χ2v) is 5.47. The number of guanidine groups is 1. The third kappa shape index (κ3) is 5.11. The van der Waals surface area contributed by atoms with E-state index in [1.807, 2.05) is 25.1 Å². The van der Waals surface area contributed by atoms with Gasteiger partial charge in [-0.25, -0.2) is 0 Å². The van der Waals surface area contributed by atoms with Gasteiger partial charge >= 0.3 is 0 Å². The molecule has 112 valence electrons. The minimum Gasteiger partial charge on any atom is -0.494 e. The molecule has 2 N–H and O–H groups in total. The first-order valence-electron chi connectivity index (χ1n) is 7.00. The first kappa shape index (κ1) is 15.4. The van der Waals surface area contributed by atoms with Crippen LogP contribution in [-0.4, -0.2) is 19.6 Å². The van der Waals surface area contributed by atoms with Crippen molar-refractivity contribution in [1.29, 1.82) is 0 Å². The van der Waals surface area contributed by atoms with Crippen molar-refractivity contribution in [3.05, 3.63) is 52.2 Å². The summed E-state index contributed by atoms with van der Waals surface area (Å²) in [6, 6.07) is 12.2. The van der Waals surface area contributed by atoms with Crippen LogP contribution in [0, 0.1) is 0 Å². The highest BCUT2D eigenvalue weighted by molar-refractivity contribution is 7.09. The Hall–Kier alpha value is -2.01. The van der Waals surface area contributed by atoms with Crippen molar-refractivity contribution < 1.29 is 4.74 Å². The number of hydrogen-bond donors (Lipinski definition) is 2. The lowest BCUT2D eigenvalue weighted by Crippen LogP contribution is -2.36. The smallest absolute Gasteiger partial charge is 0.191 e. The normalized spacial score (nSPS) is 11.2. The Kier molecular flexibility index (Phi) is 6.09. The monoisotopic (exact) mass is 303 g/mol. The Morgan fingerprint density at radius 3 is 2.76 bits per heavy atom. The number of aliphatic imine (C=N–C) groups is 1. The van der Waals surface area contributed by atoms with Gasteiger partial charge < -0.3 is 15.4 Å². The lowest BCUT2D eigenvalue weighted by Gasteiger charge is -2.12. The van der Waals surface area contributed by atoms with Gasteiger partial charge in [-0.05, 0) is 36.1 Å². The molecular formula is C16H21N3OS. The van der Waals surface area contributed by atoms with Crippen LogP contribution in [0.5, 0.6) is 5.75 Å². The average molecular weight is 303 g/mol. The summed E-state index contributed by atoms with van der Waals surface area (Å²) < 4.78 is 5.50.